The average Bonchev–Trinajstić information content (AvgIpc) is 3.33. The molecule has 32 heavy (non-hydrogen) atoms. The zero-order chi connectivity index (χ0) is 22.1. The molecule has 168 valence electrons. The molecule has 0 aromatic heterocycles. The number of nitrogens with zero attached hydrogens (tertiary/aromatic N) is 3. The van der Waals surface area contributed by atoms with E-state index >= 15 is 0 Å². The van der Waals surface area contributed by atoms with Crippen LogP contribution in [0.1, 0.15) is 18.4 Å². The van der Waals surface area contributed by atoms with Crippen molar-refractivity contribution in [3.63, 3.8) is 0 Å². The van der Waals surface area contributed by atoms with Gasteiger partial charge in [-0.25, -0.2) is 8.42 Å². The first-order chi connectivity index (χ1) is 15.6. The molecule has 3 aliphatic rings. The lowest BCUT2D eigenvalue weighted by atomic mass is 10.1. The van der Waals surface area contributed by atoms with E-state index in [1.165, 1.54) is 4.31 Å². The third-order valence-corrected chi connectivity index (χ3v) is 8.25. The fourth-order valence-electron chi connectivity index (χ4n) is 4.72. The number of rotatable bonds is 5. The van der Waals surface area contributed by atoms with Crippen LogP contribution >= 0.6 is 0 Å². The number of carbonyl (C=O) groups excluding carboxylic acids is 1. The van der Waals surface area contributed by atoms with Crippen molar-refractivity contribution in [2.45, 2.75) is 23.8 Å². The Labute approximate surface area is 188 Å². The monoisotopic (exact) mass is 453 g/mol. The molecule has 7 nitrogen and oxygen atoms in total. The summed E-state index contributed by atoms with van der Waals surface area (Å²) in [4.78, 5) is 17.4. The van der Waals surface area contributed by atoms with Crippen LogP contribution in [0.25, 0.3) is 6.08 Å². The molecule has 0 unspecified atom stereocenters. The Morgan fingerprint density at radius 2 is 1.78 bits per heavy atom. The van der Waals surface area contributed by atoms with Crippen molar-refractivity contribution in [1.29, 1.82) is 0 Å². The summed E-state index contributed by atoms with van der Waals surface area (Å²) in [6, 6.07) is 15.0. The van der Waals surface area contributed by atoms with E-state index in [0.29, 0.717) is 38.5 Å². The highest BCUT2D eigenvalue weighted by Gasteiger charge is 2.41. The summed E-state index contributed by atoms with van der Waals surface area (Å²) in [5.74, 6) is 0.0358. The molecule has 8 heteroatoms. The maximum Gasteiger partial charge on any atom is 0.250 e. The Balaban J connectivity index is 1.49. The van der Waals surface area contributed by atoms with E-state index in [1.54, 1.807) is 17.0 Å². The zero-order valence-electron chi connectivity index (χ0n) is 17.9. The molecule has 3 aliphatic heterocycles. The number of hydrogen-bond acceptors (Lipinski definition) is 5. The Kier molecular flexibility index (Phi) is 5.75. The number of fused-ring (bicyclic) bond motifs is 3. The van der Waals surface area contributed by atoms with Gasteiger partial charge in [0.25, 0.3) is 0 Å². The molecule has 2 fully saturated rings. The highest BCUT2D eigenvalue weighted by molar-refractivity contribution is 7.89. The van der Waals surface area contributed by atoms with Crippen molar-refractivity contribution in [3.8, 4) is 0 Å². The van der Waals surface area contributed by atoms with Crippen LogP contribution in [-0.4, -0.2) is 64.1 Å². The zero-order valence-corrected chi connectivity index (χ0v) is 18.7. The number of anilines is 2. The minimum absolute atomic E-state index is 0.0358. The van der Waals surface area contributed by atoms with E-state index in [1.807, 2.05) is 48.6 Å². The number of carbonyl (C=O) groups is 1. The van der Waals surface area contributed by atoms with Crippen molar-refractivity contribution in [2.24, 2.45) is 0 Å². The van der Waals surface area contributed by atoms with Crippen LogP contribution < -0.4 is 9.80 Å². The summed E-state index contributed by atoms with van der Waals surface area (Å²) >= 11 is 0. The van der Waals surface area contributed by atoms with Crippen LogP contribution in [0, 0.1) is 0 Å². The van der Waals surface area contributed by atoms with Crippen LogP contribution in [0.4, 0.5) is 11.4 Å². The first-order valence-corrected chi connectivity index (χ1v) is 12.5. The smallest absolute Gasteiger partial charge is 0.250 e. The van der Waals surface area contributed by atoms with Crippen molar-refractivity contribution in [3.05, 3.63) is 60.2 Å². The number of sulfonamides is 1. The van der Waals surface area contributed by atoms with Gasteiger partial charge in [0.1, 0.15) is 6.04 Å². The Morgan fingerprint density at radius 3 is 2.56 bits per heavy atom. The maximum absolute atomic E-state index is 13.3. The minimum Gasteiger partial charge on any atom is -0.379 e. The summed E-state index contributed by atoms with van der Waals surface area (Å²) in [5.41, 5.74) is 2.66. The van der Waals surface area contributed by atoms with Crippen molar-refractivity contribution >= 4 is 33.4 Å². The average molecular weight is 454 g/mol. The van der Waals surface area contributed by atoms with Gasteiger partial charge in [0.05, 0.1) is 29.5 Å². The first kappa shape index (κ1) is 21.2. The quantitative estimate of drug-likeness (QED) is 0.696. The summed E-state index contributed by atoms with van der Waals surface area (Å²) < 4.78 is 33.2. The molecular weight excluding hydrogens is 426 g/mol. The van der Waals surface area contributed by atoms with Crippen LogP contribution in [0.3, 0.4) is 0 Å². The molecule has 1 amide bonds. The Bertz CT molecular complexity index is 1130. The predicted molar refractivity (Wildman–Crippen MR) is 124 cm³/mol. The van der Waals surface area contributed by atoms with Gasteiger partial charge >= 0.3 is 0 Å². The lowest BCUT2D eigenvalue weighted by Crippen LogP contribution is -2.50. The second-order valence-electron chi connectivity index (χ2n) is 8.28. The van der Waals surface area contributed by atoms with E-state index in [4.69, 9.17) is 4.74 Å². The van der Waals surface area contributed by atoms with Crippen LogP contribution in [-0.2, 0) is 19.6 Å². The third kappa shape index (κ3) is 3.83. The molecule has 3 heterocycles. The van der Waals surface area contributed by atoms with Gasteiger partial charge in [-0.05, 0) is 36.6 Å². The summed E-state index contributed by atoms with van der Waals surface area (Å²) in [6.45, 7) is 2.69. The van der Waals surface area contributed by atoms with E-state index in [0.717, 1.165) is 30.6 Å². The van der Waals surface area contributed by atoms with Gasteiger partial charge in [-0.15, -0.1) is 0 Å². The summed E-state index contributed by atoms with van der Waals surface area (Å²) in [6.07, 6.45) is 5.73. The maximum atomic E-state index is 13.3. The molecule has 0 bridgehead atoms. The summed E-state index contributed by atoms with van der Waals surface area (Å²) in [5, 5.41) is 0. The molecule has 5 rings (SSSR count). The molecule has 2 aromatic rings. The van der Waals surface area contributed by atoms with E-state index < -0.39 is 10.0 Å². The number of amides is 1. The SMILES string of the molecule is O=C1[C@@H]2CCCN2c2ccc(S(=O)(=O)N3CCOCC3)cc2N1C/C=C/c1ccccc1. The first-order valence-electron chi connectivity index (χ1n) is 11.1. The molecule has 0 N–H and O–H groups in total. The van der Waals surface area contributed by atoms with Crippen molar-refractivity contribution in [1.82, 2.24) is 4.31 Å². The third-order valence-electron chi connectivity index (χ3n) is 6.36. The van der Waals surface area contributed by atoms with Gasteiger partial charge in [-0.2, -0.15) is 4.31 Å². The van der Waals surface area contributed by atoms with Gasteiger partial charge in [-0.1, -0.05) is 42.5 Å². The second-order valence-corrected chi connectivity index (χ2v) is 10.2. The molecule has 2 aromatic carbocycles. The van der Waals surface area contributed by atoms with Crippen LogP contribution in [0.15, 0.2) is 59.5 Å². The largest absolute Gasteiger partial charge is 0.379 e. The molecule has 0 saturated carbocycles. The number of ether oxygens (including phenoxy) is 1. The number of morpholine rings is 1. The summed E-state index contributed by atoms with van der Waals surface area (Å²) in [7, 11) is -3.64. The van der Waals surface area contributed by atoms with Crippen LogP contribution in [0.5, 0.6) is 0 Å². The fraction of sp³-hybridized carbons (Fsp3) is 0.375. The Morgan fingerprint density at radius 1 is 1.00 bits per heavy atom. The van der Waals surface area contributed by atoms with Gasteiger partial charge < -0.3 is 14.5 Å². The predicted octanol–water partition coefficient (Wildman–Crippen LogP) is 2.74. The standard InChI is InChI=1S/C24H27N3O4S/c28-24-22-9-5-12-26(22)21-11-10-20(32(29,30)25-14-16-31-17-15-25)18-23(21)27(24)13-4-8-19-6-2-1-3-7-19/h1-4,6-8,10-11,18,22H,5,9,12-17H2/b8-4+/t22-/m0/s1. The molecule has 0 aliphatic carbocycles. The fourth-order valence-corrected chi connectivity index (χ4v) is 6.14. The number of hydrogen-bond donors (Lipinski definition) is 0. The Hall–Kier alpha value is -2.68. The lowest BCUT2D eigenvalue weighted by molar-refractivity contribution is -0.119. The van der Waals surface area contributed by atoms with Gasteiger partial charge in [0.15, 0.2) is 0 Å². The van der Waals surface area contributed by atoms with E-state index in [2.05, 4.69) is 4.90 Å². The van der Waals surface area contributed by atoms with E-state index in [9.17, 15) is 13.2 Å². The lowest BCUT2D eigenvalue weighted by Gasteiger charge is -2.39. The highest BCUT2D eigenvalue weighted by atomic mass is 32.2. The highest BCUT2D eigenvalue weighted by Crippen LogP contribution is 2.41. The normalized spacial score (nSPS) is 21.8. The van der Waals surface area contributed by atoms with Crippen LogP contribution in [0.2, 0.25) is 0 Å². The van der Waals surface area contributed by atoms with Gasteiger partial charge in [-0.3, -0.25) is 4.79 Å². The van der Waals surface area contributed by atoms with Crippen molar-refractivity contribution < 1.29 is 17.9 Å². The molecule has 2 saturated heterocycles. The molecule has 1 atom stereocenters. The molecule has 0 spiro atoms. The van der Waals surface area contributed by atoms with E-state index in [-0.39, 0.29) is 16.8 Å². The van der Waals surface area contributed by atoms with Gasteiger partial charge in [0.2, 0.25) is 15.9 Å². The topological polar surface area (TPSA) is 70.2 Å². The number of benzene rings is 2. The second kappa shape index (κ2) is 8.69. The van der Waals surface area contributed by atoms with Crippen molar-refractivity contribution in [2.75, 3.05) is 49.2 Å². The molecule has 0 radical (unpaired) electrons. The minimum atomic E-state index is -3.64. The van der Waals surface area contributed by atoms with Gasteiger partial charge in [0, 0.05) is 26.2 Å². The molecular formula is C24H27N3O4S.